The van der Waals surface area contributed by atoms with Gasteiger partial charge in [0.25, 0.3) is 0 Å². The summed E-state index contributed by atoms with van der Waals surface area (Å²) in [4.78, 5) is 16.1. The van der Waals surface area contributed by atoms with Gasteiger partial charge in [-0.05, 0) is 18.1 Å². The Morgan fingerprint density at radius 1 is 1.60 bits per heavy atom. The molecule has 0 atom stereocenters. The van der Waals surface area contributed by atoms with Crippen molar-refractivity contribution in [2.75, 3.05) is 14.1 Å². The molecule has 0 bridgehead atoms. The van der Waals surface area contributed by atoms with Crippen LogP contribution >= 0.6 is 12.2 Å². The van der Waals surface area contributed by atoms with E-state index in [0.29, 0.717) is 17.2 Å². The van der Waals surface area contributed by atoms with E-state index in [-0.39, 0.29) is 5.91 Å². The molecular weight excluding hydrogens is 210 g/mol. The van der Waals surface area contributed by atoms with Crippen molar-refractivity contribution in [2.45, 2.75) is 26.3 Å². The Bertz CT molecular complexity index is 403. The summed E-state index contributed by atoms with van der Waals surface area (Å²) in [6.45, 7) is 4.46. The van der Waals surface area contributed by atoms with Crippen molar-refractivity contribution in [2.24, 2.45) is 0 Å². The van der Waals surface area contributed by atoms with E-state index in [1.54, 1.807) is 19.0 Å². The third-order valence-corrected chi connectivity index (χ3v) is 2.62. The molecule has 0 fully saturated rings. The molecule has 0 aliphatic heterocycles. The molecule has 0 aliphatic carbocycles. The van der Waals surface area contributed by atoms with E-state index in [2.05, 4.69) is 18.8 Å². The molecule has 1 amide bonds. The lowest BCUT2D eigenvalue weighted by atomic mass is 10.1. The maximum absolute atomic E-state index is 11.6. The summed E-state index contributed by atoms with van der Waals surface area (Å²) in [7, 11) is 3.49. The number of aromatic amines is 1. The van der Waals surface area contributed by atoms with E-state index < -0.39 is 0 Å². The van der Waals surface area contributed by atoms with Gasteiger partial charge in [0.05, 0.1) is 0 Å². The number of H-pyrrole nitrogens is 1. The number of hydrogen-bond acceptors (Lipinski definition) is 2. The fourth-order valence-corrected chi connectivity index (χ4v) is 1.56. The van der Waals surface area contributed by atoms with Gasteiger partial charge in [-0.1, -0.05) is 13.8 Å². The van der Waals surface area contributed by atoms with Gasteiger partial charge in [0.2, 0.25) is 5.91 Å². The first-order chi connectivity index (χ1) is 6.93. The highest BCUT2D eigenvalue weighted by molar-refractivity contribution is 7.71. The fourth-order valence-electron chi connectivity index (χ4n) is 1.33. The van der Waals surface area contributed by atoms with Crippen LogP contribution in [-0.2, 0) is 11.3 Å². The smallest absolute Gasteiger partial charge is 0.242 e. The van der Waals surface area contributed by atoms with Gasteiger partial charge in [-0.3, -0.25) is 4.79 Å². The normalized spacial score (nSPS) is 10.7. The van der Waals surface area contributed by atoms with E-state index in [1.165, 1.54) is 0 Å². The second-order valence-electron chi connectivity index (χ2n) is 4.05. The quantitative estimate of drug-likeness (QED) is 0.799. The molecule has 1 aromatic rings. The van der Waals surface area contributed by atoms with E-state index in [0.717, 1.165) is 5.69 Å². The Balaban J connectivity index is 2.98. The average Bonchev–Trinajstić information content (AvgIpc) is 2.48. The van der Waals surface area contributed by atoms with Crippen molar-refractivity contribution >= 4 is 18.1 Å². The topological polar surface area (TPSA) is 41.0 Å². The molecule has 0 saturated heterocycles. The minimum Gasteiger partial charge on any atom is -0.347 e. The predicted molar refractivity (Wildman–Crippen MR) is 62.4 cm³/mol. The summed E-state index contributed by atoms with van der Waals surface area (Å²) in [6.07, 6.45) is 1.87. The molecule has 1 aromatic heterocycles. The van der Waals surface area contributed by atoms with Crippen LogP contribution < -0.4 is 0 Å². The monoisotopic (exact) mass is 227 g/mol. The third-order valence-electron chi connectivity index (χ3n) is 2.28. The lowest BCUT2D eigenvalue weighted by Crippen LogP contribution is -2.27. The SMILES string of the molecule is CC(C)c1c[nH]c(=S)n1CC(=O)N(C)C. The minimum absolute atomic E-state index is 0.0487. The van der Waals surface area contributed by atoms with Crippen molar-refractivity contribution in [1.82, 2.24) is 14.5 Å². The first kappa shape index (κ1) is 12.0. The van der Waals surface area contributed by atoms with Crippen LogP contribution in [0.25, 0.3) is 0 Å². The van der Waals surface area contributed by atoms with Crippen LogP contribution in [0.2, 0.25) is 0 Å². The number of aromatic nitrogens is 2. The Morgan fingerprint density at radius 2 is 2.20 bits per heavy atom. The summed E-state index contributed by atoms with van der Waals surface area (Å²) in [5.41, 5.74) is 1.07. The zero-order valence-electron chi connectivity index (χ0n) is 9.57. The largest absolute Gasteiger partial charge is 0.347 e. The van der Waals surface area contributed by atoms with E-state index >= 15 is 0 Å². The maximum atomic E-state index is 11.6. The van der Waals surface area contributed by atoms with Gasteiger partial charge in [0, 0.05) is 26.0 Å². The number of amides is 1. The molecule has 1 heterocycles. The van der Waals surface area contributed by atoms with Crippen molar-refractivity contribution in [3.05, 3.63) is 16.7 Å². The first-order valence-corrected chi connectivity index (χ1v) is 5.32. The van der Waals surface area contributed by atoms with Crippen molar-refractivity contribution in [1.29, 1.82) is 0 Å². The first-order valence-electron chi connectivity index (χ1n) is 4.91. The number of carbonyl (C=O) groups excluding carboxylic acids is 1. The summed E-state index contributed by atoms with van der Waals surface area (Å²) in [5.74, 6) is 0.403. The molecule has 84 valence electrons. The summed E-state index contributed by atoms with van der Waals surface area (Å²) in [6, 6.07) is 0. The molecule has 0 unspecified atom stereocenters. The van der Waals surface area contributed by atoms with Crippen LogP contribution in [-0.4, -0.2) is 34.5 Å². The predicted octanol–water partition coefficient (Wildman–Crippen LogP) is 1.76. The molecule has 1 rings (SSSR count). The zero-order valence-corrected chi connectivity index (χ0v) is 10.4. The van der Waals surface area contributed by atoms with Crippen molar-refractivity contribution < 1.29 is 4.79 Å². The minimum atomic E-state index is 0.0487. The fraction of sp³-hybridized carbons (Fsp3) is 0.600. The van der Waals surface area contributed by atoms with Gasteiger partial charge in [0.1, 0.15) is 6.54 Å². The lowest BCUT2D eigenvalue weighted by molar-refractivity contribution is -0.129. The molecule has 4 nitrogen and oxygen atoms in total. The number of nitrogens with one attached hydrogen (secondary N) is 1. The maximum Gasteiger partial charge on any atom is 0.242 e. The van der Waals surface area contributed by atoms with Gasteiger partial charge in [-0.2, -0.15) is 0 Å². The molecular formula is C10H17N3OS. The number of carbonyl (C=O) groups is 1. The van der Waals surface area contributed by atoms with Crippen LogP contribution in [0.4, 0.5) is 0 Å². The second-order valence-corrected chi connectivity index (χ2v) is 4.43. The Morgan fingerprint density at radius 3 is 2.67 bits per heavy atom. The Hall–Kier alpha value is -1.10. The summed E-state index contributed by atoms with van der Waals surface area (Å²) >= 11 is 5.13. The molecule has 0 aromatic carbocycles. The lowest BCUT2D eigenvalue weighted by Gasteiger charge is -2.14. The standard InChI is InChI=1S/C10H17N3OS/c1-7(2)8-5-11-10(15)13(8)6-9(14)12(3)4/h5,7H,6H2,1-4H3,(H,11,15). The van der Waals surface area contributed by atoms with Crippen LogP contribution in [0.15, 0.2) is 6.20 Å². The van der Waals surface area contributed by atoms with Crippen LogP contribution in [0, 0.1) is 4.77 Å². The average molecular weight is 227 g/mol. The highest BCUT2D eigenvalue weighted by atomic mass is 32.1. The van der Waals surface area contributed by atoms with Gasteiger partial charge in [-0.15, -0.1) is 0 Å². The van der Waals surface area contributed by atoms with E-state index in [9.17, 15) is 4.79 Å². The summed E-state index contributed by atoms with van der Waals surface area (Å²) < 4.78 is 2.46. The highest BCUT2D eigenvalue weighted by Crippen LogP contribution is 2.14. The van der Waals surface area contributed by atoms with Gasteiger partial charge < -0.3 is 14.5 Å². The van der Waals surface area contributed by atoms with E-state index in [1.807, 2.05) is 10.8 Å². The Labute approximate surface area is 94.9 Å². The van der Waals surface area contributed by atoms with Crippen LogP contribution in [0.1, 0.15) is 25.5 Å². The Kier molecular flexibility index (Phi) is 3.68. The van der Waals surface area contributed by atoms with E-state index in [4.69, 9.17) is 12.2 Å². The number of rotatable bonds is 3. The number of imidazole rings is 1. The molecule has 0 aliphatic rings. The zero-order chi connectivity index (χ0) is 11.6. The van der Waals surface area contributed by atoms with Gasteiger partial charge in [-0.25, -0.2) is 0 Å². The summed E-state index contributed by atoms with van der Waals surface area (Å²) in [5, 5.41) is 0. The number of hydrogen-bond donors (Lipinski definition) is 1. The molecule has 5 heteroatoms. The van der Waals surface area contributed by atoms with Crippen molar-refractivity contribution in [3.63, 3.8) is 0 Å². The highest BCUT2D eigenvalue weighted by Gasteiger charge is 2.12. The number of nitrogens with zero attached hydrogens (tertiary/aromatic N) is 2. The van der Waals surface area contributed by atoms with Crippen molar-refractivity contribution in [3.8, 4) is 0 Å². The molecule has 0 saturated carbocycles. The van der Waals surface area contributed by atoms with Gasteiger partial charge in [0.15, 0.2) is 4.77 Å². The molecule has 1 N–H and O–H groups in total. The molecule has 15 heavy (non-hydrogen) atoms. The van der Waals surface area contributed by atoms with Crippen LogP contribution in [0.3, 0.4) is 0 Å². The number of likely N-dealkylation sites (N-methyl/N-ethyl adjacent to an activating group) is 1. The molecule has 0 radical (unpaired) electrons. The molecule has 0 spiro atoms. The second kappa shape index (κ2) is 4.61. The van der Waals surface area contributed by atoms with Gasteiger partial charge >= 0.3 is 0 Å². The van der Waals surface area contributed by atoms with Crippen LogP contribution in [0.5, 0.6) is 0 Å². The third kappa shape index (κ3) is 2.68.